The molecular formula is C26H41N5O2+2. The van der Waals surface area contributed by atoms with Crippen LogP contribution in [-0.4, -0.2) is 94.4 Å². The van der Waals surface area contributed by atoms with E-state index in [0.717, 1.165) is 28.0 Å². The van der Waals surface area contributed by atoms with Gasteiger partial charge in [0.25, 0.3) is 0 Å². The Morgan fingerprint density at radius 3 is 2.12 bits per heavy atom. The van der Waals surface area contributed by atoms with Gasteiger partial charge < -0.3 is 19.0 Å². The molecule has 0 saturated carbocycles. The number of carbonyl (C=O) groups excluding carboxylic acids is 1. The van der Waals surface area contributed by atoms with Gasteiger partial charge >= 0.3 is 0 Å². The maximum absolute atomic E-state index is 12.4. The van der Waals surface area contributed by atoms with Gasteiger partial charge in [0, 0.05) is 24.3 Å². The molecule has 1 unspecified atom stereocenters. The highest BCUT2D eigenvalue weighted by Crippen LogP contribution is 2.27. The molecule has 0 heterocycles. The van der Waals surface area contributed by atoms with Crippen molar-refractivity contribution in [2.45, 2.75) is 20.0 Å². The first kappa shape index (κ1) is 26.6. The molecule has 2 aromatic rings. The number of quaternary nitrogens is 2. The zero-order valence-electron chi connectivity index (χ0n) is 21.5. The fourth-order valence-electron chi connectivity index (χ4n) is 3.66. The summed E-state index contributed by atoms with van der Waals surface area (Å²) in [6, 6.07) is 13.3. The molecule has 7 heteroatoms. The highest BCUT2D eigenvalue weighted by atomic mass is 16.3. The first-order valence-corrected chi connectivity index (χ1v) is 11.5. The molecule has 0 bridgehead atoms. The normalized spacial score (nSPS) is 13.4. The summed E-state index contributed by atoms with van der Waals surface area (Å²) < 4.78 is 1.32. The van der Waals surface area contributed by atoms with Gasteiger partial charge in [0.1, 0.15) is 19.2 Å². The van der Waals surface area contributed by atoms with Crippen LogP contribution < -0.4 is 4.90 Å². The quantitative estimate of drug-likeness (QED) is 0.314. The van der Waals surface area contributed by atoms with E-state index in [2.05, 4.69) is 49.3 Å². The molecule has 7 nitrogen and oxygen atoms in total. The summed E-state index contributed by atoms with van der Waals surface area (Å²) in [5.74, 6) is 0.115. The predicted molar refractivity (Wildman–Crippen MR) is 136 cm³/mol. The molecule has 0 saturated heterocycles. The zero-order valence-corrected chi connectivity index (χ0v) is 21.5. The van der Waals surface area contributed by atoms with Gasteiger partial charge in [-0.3, -0.25) is 4.79 Å². The van der Waals surface area contributed by atoms with Crippen molar-refractivity contribution in [2.75, 3.05) is 73.4 Å². The van der Waals surface area contributed by atoms with Crippen molar-refractivity contribution >= 4 is 22.8 Å². The molecule has 0 radical (unpaired) electrons. The van der Waals surface area contributed by atoms with Gasteiger partial charge in [-0.2, -0.15) is 10.2 Å². The van der Waals surface area contributed by atoms with E-state index >= 15 is 0 Å². The number of azo groups is 1. The standard InChI is InChI=1S/C26H41N5O2/c1-9-29(17-24(32)18-30(3,4)5)23-14-15-25(20(2)16-23)28-27-22-12-10-21(11-13-22)26(33)19-31(6,7)8/h10-16,24,32H,9,17-19H2,1-8H3/q+2. The predicted octanol–water partition coefficient (Wildman–Crippen LogP) is 4.19. The molecule has 180 valence electrons. The molecular weight excluding hydrogens is 414 g/mol. The Morgan fingerprint density at radius 2 is 1.61 bits per heavy atom. The van der Waals surface area contributed by atoms with Gasteiger partial charge in [0.2, 0.25) is 5.78 Å². The fraction of sp³-hybridized carbons (Fsp3) is 0.500. The number of Topliss-reactive ketones (excluding diaryl/α,β-unsaturated/α-hetero) is 1. The van der Waals surface area contributed by atoms with E-state index in [0.29, 0.717) is 35.4 Å². The van der Waals surface area contributed by atoms with E-state index in [1.807, 2.05) is 64.5 Å². The number of benzene rings is 2. The summed E-state index contributed by atoms with van der Waals surface area (Å²) in [5, 5.41) is 19.2. The largest absolute Gasteiger partial charge is 0.385 e. The van der Waals surface area contributed by atoms with Crippen LogP contribution in [0.15, 0.2) is 52.7 Å². The van der Waals surface area contributed by atoms with Crippen molar-refractivity contribution in [1.29, 1.82) is 0 Å². The Hall–Kier alpha value is -2.61. The minimum absolute atomic E-state index is 0.115. The van der Waals surface area contributed by atoms with Crippen LogP contribution in [0.5, 0.6) is 0 Å². The number of hydrogen-bond acceptors (Lipinski definition) is 5. The lowest BCUT2D eigenvalue weighted by molar-refractivity contribution is -0.873. The third-order valence-corrected chi connectivity index (χ3v) is 5.20. The molecule has 1 atom stereocenters. The maximum Gasteiger partial charge on any atom is 0.216 e. The van der Waals surface area contributed by atoms with E-state index < -0.39 is 6.10 Å². The fourth-order valence-corrected chi connectivity index (χ4v) is 3.66. The molecule has 2 aromatic carbocycles. The van der Waals surface area contributed by atoms with Crippen LogP contribution in [0.3, 0.4) is 0 Å². The molecule has 0 aliphatic carbocycles. The average Bonchev–Trinajstić information content (AvgIpc) is 2.69. The van der Waals surface area contributed by atoms with Gasteiger partial charge in [-0.15, -0.1) is 0 Å². The summed E-state index contributed by atoms with van der Waals surface area (Å²) in [6.45, 7) is 6.66. The van der Waals surface area contributed by atoms with E-state index in [-0.39, 0.29) is 5.78 Å². The Morgan fingerprint density at radius 1 is 0.970 bits per heavy atom. The van der Waals surface area contributed by atoms with Crippen LogP contribution in [0.25, 0.3) is 0 Å². The number of likely N-dealkylation sites (N-methyl/N-ethyl adjacent to an activating group) is 3. The molecule has 0 fully saturated rings. The van der Waals surface area contributed by atoms with Crippen LogP contribution in [0.1, 0.15) is 22.8 Å². The summed E-state index contributed by atoms with van der Waals surface area (Å²) >= 11 is 0. The average molecular weight is 456 g/mol. The number of aryl methyl sites for hydroxylation is 1. The van der Waals surface area contributed by atoms with Crippen LogP contribution in [0, 0.1) is 6.92 Å². The Kier molecular flexibility index (Phi) is 8.89. The third-order valence-electron chi connectivity index (χ3n) is 5.20. The van der Waals surface area contributed by atoms with E-state index in [4.69, 9.17) is 0 Å². The number of ketones is 1. The Labute approximate surface area is 199 Å². The molecule has 0 aliphatic heterocycles. The number of hydrogen-bond donors (Lipinski definition) is 1. The number of aliphatic hydroxyl groups is 1. The first-order valence-electron chi connectivity index (χ1n) is 11.5. The number of aliphatic hydroxyl groups excluding tert-OH is 1. The topological polar surface area (TPSA) is 65.3 Å². The highest BCUT2D eigenvalue weighted by Gasteiger charge is 2.19. The SMILES string of the molecule is CCN(CC(O)C[N+](C)(C)C)c1ccc(N=Nc2ccc(C(=O)C[N+](C)(C)C)cc2)c(C)c1. The highest BCUT2D eigenvalue weighted by molar-refractivity contribution is 5.97. The monoisotopic (exact) mass is 455 g/mol. The van der Waals surface area contributed by atoms with Gasteiger partial charge in [-0.1, -0.05) is 0 Å². The maximum atomic E-state index is 12.4. The van der Waals surface area contributed by atoms with Crippen molar-refractivity contribution in [3.63, 3.8) is 0 Å². The lowest BCUT2D eigenvalue weighted by Gasteiger charge is -2.31. The van der Waals surface area contributed by atoms with Crippen molar-refractivity contribution < 1.29 is 18.9 Å². The summed E-state index contributed by atoms with van der Waals surface area (Å²) in [6.07, 6.45) is -0.401. The number of rotatable bonds is 11. The second-order valence-electron chi connectivity index (χ2n) is 10.8. The Bertz CT molecular complexity index is 956. The molecule has 0 spiro atoms. The molecule has 33 heavy (non-hydrogen) atoms. The van der Waals surface area contributed by atoms with Gasteiger partial charge in [0.15, 0.2) is 0 Å². The minimum atomic E-state index is -0.401. The number of anilines is 1. The molecule has 0 aliphatic rings. The second kappa shape index (κ2) is 11.0. The van der Waals surface area contributed by atoms with Crippen molar-refractivity contribution in [3.05, 3.63) is 53.6 Å². The first-order chi connectivity index (χ1) is 15.3. The van der Waals surface area contributed by atoms with Gasteiger partial charge in [-0.05, 0) is 61.9 Å². The van der Waals surface area contributed by atoms with E-state index in [9.17, 15) is 9.90 Å². The molecule has 2 rings (SSSR count). The number of nitrogens with zero attached hydrogens (tertiary/aromatic N) is 5. The summed E-state index contributed by atoms with van der Waals surface area (Å²) in [7, 11) is 12.3. The van der Waals surface area contributed by atoms with Gasteiger partial charge in [-0.25, -0.2) is 0 Å². The van der Waals surface area contributed by atoms with Crippen LogP contribution >= 0.6 is 0 Å². The Balaban J connectivity index is 2.08. The molecule has 0 amide bonds. The molecule has 0 aromatic heterocycles. The lowest BCUT2D eigenvalue weighted by Crippen LogP contribution is -2.46. The van der Waals surface area contributed by atoms with E-state index in [1.54, 1.807) is 0 Å². The van der Waals surface area contributed by atoms with Crippen LogP contribution in [0.4, 0.5) is 17.1 Å². The summed E-state index contributed by atoms with van der Waals surface area (Å²) in [5.41, 5.74) is 4.28. The summed E-state index contributed by atoms with van der Waals surface area (Å²) in [4.78, 5) is 14.5. The van der Waals surface area contributed by atoms with Crippen molar-refractivity contribution in [1.82, 2.24) is 0 Å². The molecule has 1 N–H and O–H groups in total. The van der Waals surface area contributed by atoms with Crippen LogP contribution in [0.2, 0.25) is 0 Å². The smallest absolute Gasteiger partial charge is 0.216 e. The second-order valence-corrected chi connectivity index (χ2v) is 10.8. The minimum Gasteiger partial charge on any atom is -0.385 e. The van der Waals surface area contributed by atoms with Crippen molar-refractivity contribution in [2.24, 2.45) is 10.2 Å². The number of carbonyl (C=O) groups is 1. The van der Waals surface area contributed by atoms with Crippen molar-refractivity contribution in [3.8, 4) is 0 Å². The third kappa shape index (κ3) is 9.04. The zero-order chi connectivity index (χ0) is 24.8. The van der Waals surface area contributed by atoms with E-state index in [1.165, 1.54) is 0 Å². The van der Waals surface area contributed by atoms with Gasteiger partial charge in [0.05, 0.1) is 53.7 Å². The van der Waals surface area contributed by atoms with Crippen LogP contribution in [-0.2, 0) is 0 Å². The lowest BCUT2D eigenvalue weighted by atomic mass is 10.1.